The fraction of sp³-hybridized carbons (Fsp3) is 0.167. The highest BCUT2D eigenvalue weighted by Gasteiger charge is 2.19. The van der Waals surface area contributed by atoms with Gasteiger partial charge in [-0.25, -0.2) is 4.79 Å². The van der Waals surface area contributed by atoms with E-state index in [2.05, 4.69) is 0 Å². The first-order valence-corrected chi connectivity index (χ1v) is 5.17. The zero-order valence-corrected chi connectivity index (χ0v) is 9.84. The van der Waals surface area contributed by atoms with Crippen molar-refractivity contribution in [2.24, 2.45) is 14.1 Å². The van der Waals surface area contributed by atoms with Crippen molar-refractivity contribution in [3.63, 3.8) is 0 Å². The molecule has 1 aliphatic carbocycles. The van der Waals surface area contributed by atoms with Crippen LogP contribution >= 0.6 is 0 Å². The lowest BCUT2D eigenvalue weighted by molar-refractivity contribution is -0.113. The molecule has 18 heavy (non-hydrogen) atoms. The van der Waals surface area contributed by atoms with Crippen molar-refractivity contribution in [1.82, 2.24) is 9.13 Å². The Morgan fingerprint density at radius 3 is 2.33 bits per heavy atom. The molecule has 0 spiro atoms. The minimum Gasteiger partial charge on any atom is -0.303 e. The number of carbonyl (C=O) groups is 2. The summed E-state index contributed by atoms with van der Waals surface area (Å²) in [6.07, 6.45) is 4.62. The van der Waals surface area contributed by atoms with E-state index in [1.807, 2.05) is 0 Å². The van der Waals surface area contributed by atoms with Gasteiger partial charge in [0.1, 0.15) is 0 Å². The van der Waals surface area contributed by atoms with Gasteiger partial charge >= 0.3 is 5.69 Å². The molecule has 0 aliphatic heterocycles. The first kappa shape index (κ1) is 12.0. The summed E-state index contributed by atoms with van der Waals surface area (Å²) in [6, 6.07) is 0. The molecular weight excluding hydrogens is 236 g/mol. The largest absolute Gasteiger partial charge is 0.330 e. The summed E-state index contributed by atoms with van der Waals surface area (Å²) in [5.41, 5.74) is -1.03. The molecule has 6 heteroatoms. The molecule has 1 aliphatic rings. The number of hydrogen-bond acceptors (Lipinski definition) is 4. The van der Waals surface area contributed by atoms with Crippen LogP contribution in [0.15, 0.2) is 34.0 Å². The molecule has 6 nitrogen and oxygen atoms in total. The summed E-state index contributed by atoms with van der Waals surface area (Å²) >= 11 is 0. The maximum Gasteiger partial charge on any atom is 0.330 e. The lowest BCUT2D eigenvalue weighted by Crippen LogP contribution is -2.38. The van der Waals surface area contributed by atoms with Crippen LogP contribution in [0.3, 0.4) is 0 Å². The van der Waals surface area contributed by atoms with E-state index in [1.54, 1.807) is 0 Å². The predicted octanol–water partition coefficient (Wildman–Crippen LogP) is -0.825. The average Bonchev–Trinajstić information content (AvgIpc) is 2.34. The summed E-state index contributed by atoms with van der Waals surface area (Å²) in [7, 11) is 2.79. The SMILES string of the molecule is Cn1cc(C2=CC(=O)C=CC2=O)c(=O)n(C)c1=O. The summed E-state index contributed by atoms with van der Waals surface area (Å²) in [4.78, 5) is 46.3. The Morgan fingerprint density at radius 2 is 1.67 bits per heavy atom. The van der Waals surface area contributed by atoms with Crippen molar-refractivity contribution < 1.29 is 9.59 Å². The van der Waals surface area contributed by atoms with Crippen LogP contribution in [0.2, 0.25) is 0 Å². The van der Waals surface area contributed by atoms with Gasteiger partial charge in [-0.05, 0) is 18.2 Å². The molecule has 0 unspecified atom stereocenters. The lowest BCUT2D eigenvalue weighted by Gasteiger charge is -2.09. The number of ketones is 2. The molecule has 1 aromatic heterocycles. The van der Waals surface area contributed by atoms with Gasteiger partial charge in [0, 0.05) is 25.9 Å². The number of carbonyl (C=O) groups excluding carboxylic acids is 2. The second kappa shape index (κ2) is 4.06. The van der Waals surface area contributed by atoms with E-state index in [1.165, 1.54) is 24.9 Å². The van der Waals surface area contributed by atoms with Crippen molar-refractivity contribution in [2.75, 3.05) is 0 Å². The van der Waals surface area contributed by atoms with Crippen LogP contribution in [-0.2, 0) is 23.7 Å². The third-order valence-electron chi connectivity index (χ3n) is 2.69. The van der Waals surface area contributed by atoms with Crippen LogP contribution < -0.4 is 11.2 Å². The van der Waals surface area contributed by atoms with Crippen LogP contribution in [0.25, 0.3) is 5.57 Å². The Morgan fingerprint density at radius 1 is 1.00 bits per heavy atom. The van der Waals surface area contributed by atoms with Gasteiger partial charge in [0.25, 0.3) is 5.56 Å². The maximum atomic E-state index is 11.9. The second-order valence-electron chi connectivity index (χ2n) is 3.96. The predicted molar refractivity (Wildman–Crippen MR) is 64.1 cm³/mol. The van der Waals surface area contributed by atoms with E-state index in [4.69, 9.17) is 0 Å². The lowest BCUT2D eigenvalue weighted by atomic mass is 9.98. The smallest absolute Gasteiger partial charge is 0.303 e. The van der Waals surface area contributed by atoms with Crippen molar-refractivity contribution in [3.8, 4) is 0 Å². The van der Waals surface area contributed by atoms with E-state index in [0.717, 1.165) is 22.8 Å². The Bertz CT molecular complexity index is 731. The molecule has 0 amide bonds. The summed E-state index contributed by atoms with van der Waals surface area (Å²) in [6.45, 7) is 0. The normalized spacial score (nSPS) is 14.9. The number of allylic oxidation sites excluding steroid dienone is 4. The first-order chi connectivity index (χ1) is 8.41. The molecular formula is C12H10N2O4. The third-order valence-corrected chi connectivity index (χ3v) is 2.69. The highest BCUT2D eigenvalue weighted by molar-refractivity contribution is 6.33. The molecule has 0 radical (unpaired) electrons. The van der Waals surface area contributed by atoms with Gasteiger partial charge in [-0.1, -0.05) is 0 Å². The Labute approximate surface area is 101 Å². The van der Waals surface area contributed by atoms with Crippen LogP contribution in [0, 0.1) is 0 Å². The van der Waals surface area contributed by atoms with Gasteiger partial charge in [-0.15, -0.1) is 0 Å². The van der Waals surface area contributed by atoms with Crippen molar-refractivity contribution in [2.45, 2.75) is 0 Å². The van der Waals surface area contributed by atoms with E-state index in [0.29, 0.717) is 0 Å². The minimum atomic E-state index is -0.596. The van der Waals surface area contributed by atoms with Crippen LogP contribution in [0.1, 0.15) is 5.56 Å². The molecule has 0 saturated carbocycles. The average molecular weight is 246 g/mol. The number of nitrogens with zero attached hydrogens (tertiary/aromatic N) is 2. The van der Waals surface area contributed by atoms with E-state index in [-0.39, 0.29) is 16.9 Å². The monoisotopic (exact) mass is 246 g/mol. The molecule has 0 bridgehead atoms. The Hall–Kier alpha value is -2.50. The van der Waals surface area contributed by atoms with Crippen molar-refractivity contribution in [1.29, 1.82) is 0 Å². The zero-order chi connectivity index (χ0) is 13.4. The number of hydrogen-bond donors (Lipinski definition) is 0. The fourth-order valence-electron chi connectivity index (χ4n) is 1.71. The Kier molecular flexibility index (Phi) is 2.70. The van der Waals surface area contributed by atoms with E-state index in [9.17, 15) is 19.2 Å². The molecule has 92 valence electrons. The summed E-state index contributed by atoms with van der Waals surface area (Å²) < 4.78 is 2.08. The maximum absolute atomic E-state index is 11.9. The van der Waals surface area contributed by atoms with Gasteiger partial charge in [0.05, 0.1) is 5.56 Å². The molecule has 0 fully saturated rings. The summed E-state index contributed by atoms with van der Waals surface area (Å²) in [5.74, 6) is -0.786. The molecule has 0 saturated heterocycles. The van der Waals surface area contributed by atoms with E-state index < -0.39 is 17.0 Å². The Balaban J connectivity index is 2.74. The number of rotatable bonds is 1. The van der Waals surface area contributed by atoms with Crippen molar-refractivity contribution >= 4 is 17.1 Å². The first-order valence-electron chi connectivity index (χ1n) is 5.17. The number of aromatic nitrogens is 2. The minimum absolute atomic E-state index is 0.0127. The van der Waals surface area contributed by atoms with Gasteiger partial charge in [-0.2, -0.15) is 0 Å². The van der Waals surface area contributed by atoms with E-state index >= 15 is 0 Å². The number of aryl methyl sites for hydroxylation is 1. The molecule has 0 N–H and O–H groups in total. The third kappa shape index (κ3) is 1.77. The van der Waals surface area contributed by atoms with Gasteiger partial charge in [-0.3, -0.25) is 19.0 Å². The molecule has 1 heterocycles. The topological polar surface area (TPSA) is 78.1 Å². The fourth-order valence-corrected chi connectivity index (χ4v) is 1.71. The van der Waals surface area contributed by atoms with Gasteiger partial charge in [0.2, 0.25) is 0 Å². The second-order valence-corrected chi connectivity index (χ2v) is 3.96. The quantitative estimate of drug-likeness (QED) is 0.606. The standard InChI is InChI=1S/C12H10N2O4/c1-13-6-9(11(17)14(2)12(13)18)8-5-7(15)3-4-10(8)16/h3-6H,1-2H3. The molecule has 0 aromatic carbocycles. The molecule has 1 aromatic rings. The van der Waals surface area contributed by atoms with Crippen LogP contribution in [0.4, 0.5) is 0 Å². The summed E-state index contributed by atoms with van der Waals surface area (Å²) in [5, 5.41) is 0. The highest BCUT2D eigenvalue weighted by Crippen LogP contribution is 2.14. The highest BCUT2D eigenvalue weighted by atomic mass is 16.2. The van der Waals surface area contributed by atoms with Crippen LogP contribution in [-0.4, -0.2) is 20.7 Å². The van der Waals surface area contributed by atoms with Gasteiger partial charge in [0.15, 0.2) is 11.6 Å². The van der Waals surface area contributed by atoms with Crippen molar-refractivity contribution in [3.05, 3.63) is 50.8 Å². The van der Waals surface area contributed by atoms with Gasteiger partial charge < -0.3 is 4.57 Å². The molecule has 0 atom stereocenters. The zero-order valence-electron chi connectivity index (χ0n) is 9.84. The van der Waals surface area contributed by atoms with Crippen LogP contribution in [0.5, 0.6) is 0 Å². The molecule has 2 rings (SSSR count).